The molecule has 19 rings (SSSR count). The fourth-order valence-corrected chi connectivity index (χ4v) is 18.1. The molecule has 3 spiro atoms. The first kappa shape index (κ1) is 72.6. The Balaban J connectivity index is 0.000000122. The van der Waals surface area contributed by atoms with Gasteiger partial charge in [-0.2, -0.15) is 0 Å². The third kappa shape index (κ3) is 13.5. The summed E-state index contributed by atoms with van der Waals surface area (Å²) in [7, 11) is 6.79. The lowest BCUT2D eigenvalue weighted by Gasteiger charge is -2.51. The van der Waals surface area contributed by atoms with E-state index in [1.54, 1.807) is 46.1 Å². The molecule has 9 aliphatic rings. The number of para-hydroxylation sites is 1. The van der Waals surface area contributed by atoms with Crippen molar-refractivity contribution in [2.24, 2.45) is 26.3 Å². The molecule has 10 aromatic rings. The summed E-state index contributed by atoms with van der Waals surface area (Å²) in [6.07, 6.45) is 24.3. The highest BCUT2D eigenvalue weighted by molar-refractivity contribution is 7.12. The van der Waals surface area contributed by atoms with Crippen molar-refractivity contribution in [3.8, 4) is 40.1 Å². The Morgan fingerprint density at radius 1 is 0.486 bits per heavy atom. The average molecular weight is 1510 g/mol. The van der Waals surface area contributed by atoms with Crippen LogP contribution in [0.5, 0.6) is 23.0 Å². The highest BCUT2D eigenvalue weighted by Crippen LogP contribution is 2.58. The van der Waals surface area contributed by atoms with Crippen LogP contribution in [0.3, 0.4) is 0 Å². The standard InChI is InChI=1S/C34H34N4O3.C29H32N4O3.C26H29N5O2S/c1-23-9-12-27(13-10-23)33(3)38-21-34(15-16-40-30-8-6-5-7-28(30)34)19-26(32(38)36-41-33)17-25-11-14-29(31(18-25)39-4)37-20-24(2)35-22-37;1-20-6-5-7-23(12-20)28(2)33-18-29(10-11-29)15-22(27(33)31-36-28)13-21-8-9-25(26(14-21)35-4)32-16-24(17-34-3)30-19-32;1-17-12-30(16-28-17)21-7-6-19(10-22(21)32-4)9-20-11-26(13-27-14-26)15-31-24(20)29-33-25(31,3)23-8-5-18(2)34-23/h5-14,17-18,20,22H,15-16,19,21H2,1-4H3;5-9,12-14,16,19H,10-11,15,17-18H2,1-4H3;5-10,12,16,27H,11,13-15H2,1-4H3/b26-17+;22-13+;20-9+. The van der Waals surface area contributed by atoms with Crippen LogP contribution in [0.25, 0.3) is 35.3 Å². The molecule has 4 aromatic heterocycles. The summed E-state index contributed by atoms with van der Waals surface area (Å²) in [6, 6.07) is 48.8. The number of oxime groups is 3. The van der Waals surface area contributed by atoms with E-state index in [1.807, 2.05) is 58.8 Å². The minimum absolute atomic E-state index is 0.141. The number of thiophene rings is 1. The van der Waals surface area contributed by atoms with E-state index in [9.17, 15) is 0 Å². The average Bonchev–Trinajstić information content (AvgIpc) is 1.73. The van der Waals surface area contributed by atoms with Gasteiger partial charge in [-0.25, -0.2) is 15.0 Å². The fraction of sp³-hybridized carbons (Fsp3) is 0.348. The van der Waals surface area contributed by atoms with Crippen LogP contribution >= 0.6 is 11.3 Å². The van der Waals surface area contributed by atoms with Crippen LogP contribution in [0.15, 0.2) is 209 Å². The zero-order valence-electron chi connectivity index (χ0n) is 65.2. The lowest BCUT2D eigenvalue weighted by Crippen LogP contribution is -2.64. The van der Waals surface area contributed by atoms with Gasteiger partial charge in [-0.3, -0.25) is 0 Å². The van der Waals surface area contributed by atoms with Crippen molar-refractivity contribution >= 4 is 47.1 Å². The van der Waals surface area contributed by atoms with E-state index in [4.69, 9.17) is 43.4 Å². The van der Waals surface area contributed by atoms with E-state index in [-0.39, 0.29) is 10.8 Å². The lowest BCUT2D eigenvalue weighted by molar-refractivity contribution is -0.104. The van der Waals surface area contributed by atoms with E-state index in [1.165, 1.54) is 50.4 Å². The van der Waals surface area contributed by atoms with E-state index < -0.39 is 17.2 Å². The molecule has 21 nitrogen and oxygen atoms in total. The molecule has 111 heavy (non-hydrogen) atoms. The Hall–Kier alpha value is -11.2. The topological polar surface area (TPSA) is 186 Å². The van der Waals surface area contributed by atoms with Crippen molar-refractivity contribution in [2.45, 2.75) is 123 Å². The summed E-state index contributed by atoms with van der Waals surface area (Å²) in [5.74, 6) is 6.12. The molecule has 6 aromatic carbocycles. The number of aryl methyl sites for hydroxylation is 5. The maximum atomic E-state index is 6.33. The van der Waals surface area contributed by atoms with Gasteiger partial charge in [-0.05, 0) is 185 Å². The van der Waals surface area contributed by atoms with Gasteiger partial charge in [-0.15, -0.1) is 11.3 Å². The van der Waals surface area contributed by atoms with Crippen molar-refractivity contribution in [1.29, 1.82) is 0 Å². The van der Waals surface area contributed by atoms with Gasteiger partial charge in [0, 0.05) is 112 Å². The summed E-state index contributed by atoms with van der Waals surface area (Å²) in [5, 5.41) is 17.5. The number of amidine groups is 3. The van der Waals surface area contributed by atoms with Gasteiger partial charge >= 0.3 is 0 Å². The van der Waals surface area contributed by atoms with Gasteiger partial charge < -0.3 is 71.9 Å². The summed E-state index contributed by atoms with van der Waals surface area (Å²) in [6.45, 7) is 22.6. The fourth-order valence-electron chi connectivity index (χ4n) is 17.2. The molecule has 8 aliphatic heterocycles. The zero-order chi connectivity index (χ0) is 76.6. The quantitative estimate of drug-likeness (QED) is 0.108. The van der Waals surface area contributed by atoms with E-state index >= 15 is 0 Å². The molecular weight excluding hydrogens is 1410 g/mol. The Kier molecular flexibility index (Phi) is 18.7. The van der Waals surface area contributed by atoms with Gasteiger partial charge in [0.25, 0.3) is 0 Å². The molecule has 1 saturated carbocycles. The molecule has 1 N–H and O–H groups in total. The van der Waals surface area contributed by atoms with Crippen molar-refractivity contribution < 1.29 is 38.2 Å². The Morgan fingerprint density at radius 2 is 1.01 bits per heavy atom. The third-order valence-electron chi connectivity index (χ3n) is 23.6. The zero-order valence-corrected chi connectivity index (χ0v) is 66.0. The number of rotatable bonds is 14. The second kappa shape index (κ2) is 28.6. The monoisotopic (exact) mass is 1510 g/mol. The number of aromatic nitrogens is 6. The SMILES string of the molecule is COCc1cn(-c2ccc(/C=C3\CC4(CC4)CN4C3=NOC4(C)c3cccc(C)c3)cc2OC)cn1.COc1cc(/C=C2\CC3(CCOc4ccccc43)CN3C2=NOC3(C)c2ccc(C)cc2)ccc1-n1cnc(C)c1.COc1cc(/C=C2\CC3(CNC3)CN3C2=NOC3(C)c2ccc(C)s2)ccc1-n1cnc(C)c1. The number of methoxy groups -OCH3 is 4. The molecule has 12 heterocycles. The predicted octanol–water partition coefficient (Wildman–Crippen LogP) is 16.4. The number of benzene rings is 6. The van der Waals surface area contributed by atoms with E-state index in [2.05, 4.69) is 245 Å². The summed E-state index contributed by atoms with van der Waals surface area (Å²) in [5.41, 5.74) is 16.8. The van der Waals surface area contributed by atoms with Crippen molar-refractivity contribution in [1.82, 2.24) is 48.7 Å². The molecule has 5 fully saturated rings. The molecule has 22 heteroatoms. The Morgan fingerprint density at radius 3 is 1.53 bits per heavy atom. The second-order valence-electron chi connectivity index (χ2n) is 31.7. The molecule has 570 valence electrons. The predicted molar refractivity (Wildman–Crippen MR) is 433 cm³/mol. The van der Waals surface area contributed by atoms with Gasteiger partial charge in [0.1, 0.15) is 23.0 Å². The molecule has 4 unspecified atom stereocenters. The van der Waals surface area contributed by atoms with Gasteiger partial charge in [0.15, 0.2) is 17.5 Å². The first-order valence-corrected chi connectivity index (χ1v) is 39.0. The lowest BCUT2D eigenvalue weighted by atomic mass is 9.68. The van der Waals surface area contributed by atoms with Crippen LogP contribution in [-0.2, 0) is 48.4 Å². The van der Waals surface area contributed by atoms with Crippen LogP contribution in [0.2, 0.25) is 0 Å². The highest BCUT2D eigenvalue weighted by Gasteiger charge is 2.58. The van der Waals surface area contributed by atoms with Gasteiger partial charge in [0.05, 0.1) is 92.5 Å². The minimum atomic E-state index is -0.719. The van der Waals surface area contributed by atoms with Gasteiger partial charge in [0.2, 0.25) is 17.2 Å². The largest absolute Gasteiger partial charge is 0.495 e. The molecule has 4 atom stereocenters. The number of piperidine rings is 3. The summed E-state index contributed by atoms with van der Waals surface area (Å²) in [4.78, 5) is 41.4. The number of hydrogen-bond acceptors (Lipinski definition) is 19. The number of nitrogens with zero attached hydrogens (tertiary/aromatic N) is 12. The molecule has 0 bridgehead atoms. The van der Waals surface area contributed by atoms with Crippen LogP contribution in [0.1, 0.15) is 131 Å². The van der Waals surface area contributed by atoms with Crippen LogP contribution in [0, 0.1) is 45.4 Å². The minimum Gasteiger partial charge on any atom is -0.495 e. The van der Waals surface area contributed by atoms with Gasteiger partial charge in [-0.1, -0.05) is 112 Å². The first-order valence-electron chi connectivity index (χ1n) is 38.2. The Bertz CT molecular complexity index is 5420. The molecule has 1 aliphatic carbocycles. The smallest absolute Gasteiger partial charge is 0.243 e. The van der Waals surface area contributed by atoms with E-state index in [0.717, 1.165) is 166 Å². The highest BCUT2D eigenvalue weighted by atomic mass is 32.1. The number of fused-ring (bicyclic) bond motifs is 5. The second-order valence-corrected chi connectivity index (χ2v) is 33.0. The summed E-state index contributed by atoms with van der Waals surface area (Å²) < 4.78 is 34.6. The number of imidazole rings is 3. The molecule has 0 radical (unpaired) electrons. The number of ether oxygens (including phenoxy) is 5. The van der Waals surface area contributed by atoms with Crippen LogP contribution in [-0.4, -0.2) is 129 Å². The van der Waals surface area contributed by atoms with Crippen molar-refractivity contribution in [3.63, 3.8) is 0 Å². The maximum absolute atomic E-state index is 6.33. The summed E-state index contributed by atoms with van der Waals surface area (Å²) >= 11 is 1.78. The first-order chi connectivity index (χ1) is 53.7. The van der Waals surface area contributed by atoms with Crippen LogP contribution in [0.4, 0.5) is 0 Å². The molecule has 4 saturated heterocycles. The number of hydrogen-bond donors (Lipinski definition) is 1. The molecule has 0 amide bonds. The Labute approximate surface area is 652 Å². The molecular formula is C89H95N13O8S. The van der Waals surface area contributed by atoms with Crippen molar-refractivity contribution in [2.75, 3.05) is 67.8 Å². The number of nitrogens with one attached hydrogen (secondary N) is 1. The third-order valence-corrected chi connectivity index (χ3v) is 24.8. The normalized spacial score (nSPS) is 23.7. The maximum Gasteiger partial charge on any atom is 0.243 e. The van der Waals surface area contributed by atoms with E-state index in [0.29, 0.717) is 18.6 Å². The van der Waals surface area contributed by atoms with Crippen LogP contribution < -0.4 is 24.3 Å². The van der Waals surface area contributed by atoms with Crippen molar-refractivity contribution in [3.05, 3.63) is 265 Å².